The lowest BCUT2D eigenvalue weighted by Gasteiger charge is -2.21. The van der Waals surface area contributed by atoms with Gasteiger partial charge in [-0.3, -0.25) is 14.5 Å². The third-order valence-corrected chi connectivity index (χ3v) is 4.23. The van der Waals surface area contributed by atoms with Crippen LogP contribution in [-0.2, 0) is 14.4 Å². The Kier molecular flexibility index (Phi) is 3.21. The summed E-state index contributed by atoms with van der Waals surface area (Å²) in [6.07, 6.45) is 0. The van der Waals surface area contributed by atoms with Gasteiger partial charge in [0.1, 0.15) is 0 Å². The summed E-state index contributed by atoms with van der Waals surface area (Å²) in [5, 5.41) is 11.0. The predicted molar refractivity (Wildman–Crippen MR) is 64.9 cm³/mol. The van der Waals surface area contributed by atoms with Crippen LogP contribution in [0.3, 0.4) is 0 Å². The first-order valence-electron chi connectivity index (χ1n) is 5.58. The monoisotopic (exact) mass is 267 g/mol. The Hall–Kier alpha value is -1.69. The van der Waals surface area contributed by atoms with E-state index in [0.717, 1.165) is 4.90 Å². The quantitative estimate of drug-likeness (QED) is 0.842. The number of carboxylic acids is 1. The highest BCUT2D eigenvalue weighted by atomic mass is 32.1. The third kappa shape index (κ3) is 1.82. The molecule has 3 atom stereocenters. The minimum atomic E-state index is -1.20. The van der Waals surface area contributed by atoms with Crippen molar-refractivity contribution >= 4 is 29.1 Å². The van der Waals surface area contributed by atoms with Gasteiger partial charge in [-0.15, -0.1) is 11.3 Å². The van der Waals surface area contributed by atoms with E-state index >= 15 is 0 Å². The molecule has 18 heavy (non-hydrogen) atoms. The van der Waals surface area contributed by atoms with E-state index in [4.69, 9.17) is 0 Å². The van der Waals surface area contributed by atoms with Gasteiger partial charge in [0, 0.05) is 16.7 Å². The van der Waals surface area contributed by atoms with Crippen molar-refractivity contribution in [2.45, 2.75) is 19.9 Å². The zero-order chi connectivity index (χ0) is 13.4. The van der Waals surface area contributed by atoms with E-state index in [-0.39, 0.29) is 0 Å². The van der Waals surface area contributed by atoms with Crippen LogP contribution >= 0.6 is 11.3 Å². The Bertz CT molecular complexity index is 476. The molecule has 5 nitrogen and oxygen atoms in total. The third-order valence-electron chi connectivity index (χ3n) is 3.31. The van der Waals surface area contributed by atoms with E-state index in [0.29, 0.717) is 4.88 Å². The maximum Gasteiger partial charge on any atom is 0.332 e. The van der Waals surface area contributed by atoms with Crippen molar-refractivity contribution in [1.29, 1.82) is 0 Å². The fourth-order valence-electron chi connectivity index (χ4n) is 2.04. The molecule has 96 valence electrons. The predicted octanol–water partition coefficient (Wildman–Crippen LogP) is 1.51. The van der Waals surface area contributed by atoms with E-state index in [1.165, 1.54) is 11.3 Å². The van der Waals surface area contributed by atoms with Crippen molar-refractivity contribution in [1.82, 2.24) is 4.90 Å². The molecule has 1 fully saturated rings. The molecule has 0 aliphatic carbocycles. The standard InChI is InChI=1S/C12H13NO4S/c1-6-7(2)11(15)13(10(6)14)9(12(16)17)8-4-3-5-18-8/h3-7,9H,1-2H3,(H,16,17). The molecular weight excluding hydrogens is 254 g/mol. The fraction of sp³-hybridized carbons (Fsp3) is 0.417. The Morgan fingerprint density at radius 2 is 1.89 bits per heavy atom. The van der Waals surface area contributed by atoms with Crippen molar-refractivity contribution in [3.8, 4) is 0 Å². The number of hydrogen-bond acceptors (Lipinski definition) is 4. The summed E-state index contributed by atoms with van der Waals surface area (Å²) in [4.78, 5) is 36.8. The molecule has 2 rings (SSSR count). The molecule has 1 aromatic heterocycles. The van der Waals surface area contributed by atoms with Crippen molar-refractivity contribution < 1.29 is 19.5 Å². The van der Waals surface area contributed by atoms with Crippen LogP contribution in [0.25, 0.3) is 0 Å². The lowest BCUT2D eigenvalue weighted by molar-refractivity contribution is -0.155. The molecule has 0 aromatic carbocycles. The molecule has 3 unspecified atom stereocenters. The largest absolute Gasteiger partial charge is 0.479 e. The zero-order valence-corrected chi connectivity index (χ0v) is 10.8. The van der Waals surface area contributed by atoms with Crippen LogP contribution in [0.1, 0.15) is 24.8 Å². The second-order valence-electron chi connectivity index (χ2n) is 4.38. The van der Waals surface area contributed by atoms with Gasteiger partial charge in [-0.1, -0.05) is 19.9 Å². The molecule has 1 N–H and O–H groups in total. The van der Waals surface area contributed by atoms with Gasteiger partial charge in [-0.05, 0) is 11.4 Å². The van der Waals surface area contributed by atoms with E-state index in [1.807, 2.05) is 0 Å². The van der Waals surface area contributed by atoms with Gasteiger partial charge in [0.2, 0.25) is 11.8 Å². The van der Waals surface area contributed by atoms with Crippen LogP contribution in [0.4, 0.5) is 0 Å². The van der Waals surface area contributed by atoms with Crippen LogP contribution in [0, 0.1) is 11.8 Å². The highest BCUT2D eigenvalue weighted by molar-refractivity contribution is 7.10. The molecule has 0 spiro atoms. The molecule has 1 aliphatic rings. The fourth-order valence-corrected chi connectivity index (χ4v) is 2.84. The summed E-state index contributed by atoms with van der Waals surface area (Å²) in [5.41, 5.74) is 0. The highest BCUT2D eigenvalue weighted by Gasteiger charge is 2.48. The lowest BCUT2D eigenvalue weighted by atomic mass is 10.00. The van der Waals surface area contributed by atoms with Crippen molar-refractivity contribution in [3.63, 3.8) is 0 Å². The number of imide groups is 1. The summed E-state index contributed by atoms with van der Waals surface area (Å²) in [6, 6.07) is 2.13. The molecule has 1 aromatic rings. The maximum absolute atomic E-state index is 12.0. The van der Waals surface area contributed by atoms with Gasteiger partial charge in [0.25, 0.3) is 0 Å². The topological polar surface area (TPSA) is 74.7 Å². The highest BCUT2D eigenvalue weighted by Crippen LogP contribution is 2.34. The second kappa shape index (κ2) is 4.53. The number of rotatable bonds is 3. The smallest absolute Gasteiger partial charge is 0.332 e. The summed E-state index contributed by atoms with van der Waals surface area (Å²) in [7, 11) is 0. The van der Waals surface area contributed by atoms with Crippen LogP contribution in [0.15, 0.2) is 17.5 Å². The van der Waals surface area contributed by atoms with Gasteiger partial charge < -0.3 is 5.11 Å². The van der Waals surface area contributed by atoms with Crippen LogP contribution < -0.4 is 0 Å². The van der Waals surface area contributed by atoms with Gasteiger partial charge >= 0.3 is 5.97 Å². The van der Waals surface area contributed by atoms with Gasteiger partial charge in [-0.2, -0.15) is 0 Å². The van der Waals surface area contributed by atoms with Gasteiger partial charge in [0.05, 0.1) is 0 Å². The van der Waals surface area contributed by atoms with Gasteiger partial charge in [0.15, 0.2) is 6.04 Å². The first kappa shape index (κ1) is 12.8. The van der Waals surface area contributed by atoms with Crippen LogP contribution in [-0.4, -0.2) is 27.8 Å². The minimum absolute atomic E-state index is 0.409. The number of aliphatic carboxylic acids is 1. The Morgan fingerprint density at radius 3 is 2.28 bits per heavy atom. The molecule has 6 heteroatoms. The molecular formula is C12H13NO4S. The summed E-state index contributed by atoms with van der Waals surface area (Å²) >= 11 is 1.23. The second-order valence-corrected chi connectivity index (χ2v) is 5.36. The first-order chi connectivity index (χ1) is 8.45. The Balaban J connectivity index is 2.42. The average Bonchev–Trinajstić information content (AvgIpc) is 2.89. The Labute approximate surface area is 108 Å². The molecule has 0 bridgehead atoms. The number of carbonyl (C=O) groups excluding carboxylic acids is 2. The van der Waals surface area contributed by atoms with Gasteiger partial charge in [-0.25, -0.2) is 4.79 Å². The van der Waals surface area contributed by atoms with Crippen LogP contribution in [0.5, 0.6) is 0 Å². The number of likely N-dealkylation sites (tertiary alicyclic amines) is 1. The minimum Gasteiger partial charge on any atom is -0.479 e. The van der Waals surface area contributed by atoms with E-state index in [9.17, 15) is 19.5 Å². The average molecular weight is 267 g/mol. The number of amides is 2. The maximum atomic E-state index is 12.0. The Morgan fingerprint density at radius 1 is 1.33 bits per heavy atom. The van der Waals surface area contributed by atoms with Crippen molar-refractivity contribution in [2.24, 2.45) is 11.8 Å². The van der Waals surface area contributed by atoms with E-state index in [2.05, 4.69) is 0 Å². The van der Waals surface area contributed by atoms with E-state index < -0.39 is 35.7 Å². The molecule has 1 aliphatic heterocycles. The molecule has 1 saturated heterocycles. The normalized spacial score (nSPS) is 25.6. The zero-order valence-electron chi connectivity index (χ0n) is 9.99. The van der Waals surface area contributed by atoms with Crippen molar-refractivity contribution in [2.75, 3.05) is 0 Å². The van der Waals surface area contributed by atoms with Crippen molar-refractivity contribution in [3.05, 3.63) is 22.4 Å². The molecule has 0 saturated carbocycles. The summed E-state index contributed by atoms with van der Waals surface area (Å²) in [6.45, 7) is 3.30. The van der Waals surface area contributed by atoms with Crippen LogP contribution in [0.2, 0.25) is 0 Å². The lowest BCUT2D eigenvalue weighted by Crippen LogP contribution is -2.38. The first-order valence-corrected chi connectivity index (χ1v) is 6.46. The number of carbonyl (C=O) groups is 3. The van der Waals surface area contributed by atoms with E-state index in [1.54, 1.807) is 31.4 Å². The molecule has 0 radical (unpaired) electrons. The molecule has 2 amide bonds. The number of thiophene rings is 1. The number of nitrogens with zero attached hydrogens (tertiary/aromatic N) is 1. The number of carboxylic acid groups (broad SMARTS) is 1. The molecule has 2 heterocycles. The SMILES string of the molecule is CC1C(=O)N(C(C(=O)O)c2cccs2)C(=O)C1C. The summed E-state index contributed by atoms with van der Waals surface area (Å²) < 4.78 is 0. The summed E-state index contributed by atoms with van der Waals surface area (Å²) in [5.74, 6) is -2.92. The number of hydrogen-bond donors (Lipinski definition) is 1.